The van der Waals surface area contributed by atoms with Crippen LogP contribution in [-0.4, -0.2) is 55.0 Å². The lowest BCUT2D eigenvalue weighted by atomic mass is 9.85. The lowest BCUT2D eigenvalue weighted by molar-refractivity contribution is -0.145. The summed E-state index contributed by atoms with van der Waals surface area (Å²) in [4.78, 5) is 35.7. The molecule has 1 rings (SSSR count). The van der Waals surface area contributed by atoms with Gasteiger partial charge in [0.15, 0.2) is 0 Å². The van der Waals surface area contributed by atoms with Gasteiger partial charge in [0.05, 0.1) is 19.0 Å². The van der Waals surface area contributed by atoms with Gasteiger partial charge in [0.25, 0.3) is 0 Å². The van der Waals surface area contributed by atoms with Crippen molar-refractivity contribution >= 4 is 29.5 Å². The highest BCUT2D eigenvalue weighted by Crippen LogP contribution is 2.25. The molecular weight excluding hydrogens is 378 g/mol. The Morgan fingerprint density at radius 1 is 1.07 bits per heavy atom. The molecule has 6 nitrogen and oxygen atoms in total. The van der Waals surface area contributed by atoms with E-state index >= 15 is 0 Å². The van der Waals surface area contributed by atoms with Crippen molar-refractivity contribution < 1.29 is 23.9 Å². The number of hydrogen-bond acceptors (Lipinski definition) is 7. The van der Waals surface area contributed by atoms with Gasteiger partial charge >= 0.3 is 11.9 Å². The fourth-order valence-electron chi connectivity index (χ4n) is 3.22. The molecule has 0 aliphatic heterocycles. The van der Waals surface area contributed by atoms with Crippen LogP contribution in [0.5, 0.6) is 0 Å². The Labute approximate surface area is 173 Å². The van der Waals surface area contributed by atoms with Gasteiger partial charge in [0.1, 0.15) is 11.8 Å². The second-order valence-corrected chi connectivity index (χ2v) is 7.87. The topological polar surface area (TPSA) is 81.7 Å². The van der Waals surface area contributed by atoms with Crippen molar-refractivity contribution in [3.63, 3.8) is 0 Å². The van der Waals surface area contributed by atoms with Gasteiger partial charge in [-0.15, -0.1) is 11.8 Å². The van der Waals surface area contributed by atoms with Gasteiger partial charge in [0.2, 0.25) is 0 Å². The number of carbonyl (C=O) groups is 3. The maximum Gasteiger partial charge on any atom is 0.323 e. The van der Waals surface area contributed by atoms with E-state index in [0.717, 1.165) is 25.7 Å². The van der Waals surface area contributed by atoms with Gasteiger partial charge in [-0.2, -0.15) is 0 Å². The normalized spacial score (nSPS) is 16.1. The van der Waals surface area contributed by atoms with Crippen LogP contribution in [0.3, 0.4) is 0 Å². The van der Waals surface area contributed by atoms with Crippen LogP contribution in [-0.2, 0) is 23.9 Å². The molecule has 0 amide bonds. The third-order valence-electron chi connectivity index (χ3n) is 4.67. The molecule has 28 heavy (non-hydrogen) atoms. The smallest absolute Gasteiger partial charge is 0.323 e. The molecule has 160 valence electrons. The Hall–Kier alpha value is -1.34. The molecule has 0 spiro atoms. The highest BCUT2D eigenvalue weighted by Gasteiger charge is 2.22. The van der Waals surface area contributed by atoms with Gasteiger partial charge in [-0.1, -0.05) is 31.4 Å². The lowest BCUT2D eigenvalue weighted by Gasteiger charge is -2.21. The second-order valence-electron chi connectivity index (χ2n) is 6.84. The standard InChI is InChI=1S/C21H35NO5S/c1-3-26-20(24)16-28-15-9-8-12-18(21(25)27-4-2)22-14-13-19(23)17-10-6-5-7-11-17/h8-9,17-18,22H,3-7,10-16H2,1-2H3/b9-8-. The van der Waals surface area contributed by atoms with E-state index in [1.807, 2.05) is 12.2 Å². The van der Waals surface area contributed by atoms with Crippen LogP contribution < -0.4 is 5.32 Å². The maximum absolute atomic E-state index is 12.3. The molecule has 0 bridgehead atoms. The third-order valence-corrected chi connectivity index (χ3v) is 5.54. The van der Waals surface area contributed by atoms with Crippen LogP contribution in [0.4, 0.5) is 0 Å². The summed E-state index contributed by atoms with van der Waals surface area (Å²) < 4.78 is 10.00. The number of ether oxygens (including phenoxy) is 2. The van der Waals surface area contributed by atoms with Crippen molar-refractivity contribution in [3.8, 4) is 0 Å². The summed E-state index contributed by atoms with van der Waals surface area (Å²) in [5, 5.41) is 3.17. The Morgan fingerprint density at radius 3 is 2.46 bits per heavy atom. The molecule has 1 aliphatic carbocycles. The summed E-state index contributed by atoms with van der Waals surface area (Å²) in [6.07, 6.45) is 10.3. The van der Waals surface area contributed by atoms with E-state index in [9.17, 15) is 14.4 Å². The molecule has 0 radical (unpaired) electrons. The third kappa shape index (κ3) is 10.9. The van der Waals surface area contributed by atoms with Crippen molar-refractivity contribution in [2.45, 2.75) is 64.8 Å². The SMILES string of the molecule is CCOC(=O)CSC/C=C\CC(NCCC(=O)C1CCCCC1)C(=O)OCC. The molecule has 0 heterocycles. The first-order valence-corrected chi connectivity index (χ1v) is 11.5. The van der Waals surface area contributed by atoms with Crippen molar-refractivity contribution in [2.75, 3.05) is 31.3 Å². The van der Waals surface area contributed by atoms with Gasteiger partial charge in [-0.05, 0) is 33.1 Å². The zero-order valence-corrected chi connectivity index (χ0v) is 18.1. The number of carbonyl (C=O) groups excluding carboxylic acids is 3. The molecule has 1 aliphatic rings. The zero-order chi connectivity index (χ0) is 20.6. The molecule has 1 fully saturated rings. The summed E-state index contributed by atoms with van der Waals surface area (Å²) >= 11 is 1.47. The van der Waals surface area contributed by atoms with Gasteiger partial charge in [-0.25, -0.2) is 0 Å². The van der Waals surface area contributed by atoms with Gasteiger partial charge in [-0.3, -0.25) is 14.4 Å². The molecule has 7 heteroatoms. The number of esters is 2. The van der Waals surface area contributed by atoms with Crippen LogP contribution in [0, 0.1) is 5.92 Å². The molecule has 0 saturated heterocycles. The molecule has 1 atom stereocenters. The molecule has 1 unspecified atom stereocenters. The summed E-state index contributed by atoms with van der Waals surface area (Å²) in [6.45, 7) is 4.78. The Bertz CT molecular complexity index is 503. The number of nitrogens with one attached hydrogen (secondary N) is 1. The first-order chi connectivity index (χ1) is 13.6. The van der Waals surface area contributed by atoms with E-state index in [1.165, 1.54) is 18.2 Å². The van der Waals surface area contributed by atoms with Crippen molar-refractivity contribution in [1.82, 2.24) is 5.32 Å². The lowest BCUT2D eigenvalue weighted by Crippen LogP contribution is -2.39. The van der Waals surface area contributed by atoms with E-state index < -0.39 is 6.04 Å². The fraction of sp³-hybridized carbons (Fsp3) is 0.762. The Morgan fingerprint density at radius 2 is 1.79 bits per heavy atom. The summed E-state index contributed by atoms with van der Waals surface area (Å²) in [6, 6.07) is -0.453. The largest absolute Gasteiger partial charge is 0.465 e. The maximum atomic E-state index is 12.3. The predicted octanol–water partition coefficient (Wildman–Crippen LogP) is 3.29. The molecule has 0 aromatic rings. The predicted molar refractivity (Wildman–Crippen MR) is 112 cm³/mol. The van der Waals surface area contributed by atoms with Crippen molar-refractivity contribution in [3.05, 3.63) is 12.2 Å². The summed E-state index contributed by atoms with van der Waals surface area (Å²) in [7, 11) is 0. The summed E-state index contributed by atoms with van der Waals surface area (Å²) in [5.74, 6) is 0.995. The highest BCUT2D eigenvalue weighted by molar-refractivity contribution is 8.00. The number of thioether (sulfide) groups is 1. The molecular formula is C21H35NO5S. The van der Waals surface area contributed by atoms with E-state index in [1.54, 1.807) is 13.8 Å². The molecule has 0 aromatic carbocycles. The number of Topliss-reactive ketones (excluding diaryl/α,β-unsaturated/α-hetero) is 1. The second kappa shape index (κ2) is 15.6. The van der Waals surface area contributed by atoms with Crippen molar-refractivity contribution in [2.24, 2.45) is 5.92 Å². The van der Waals surface area contributed by atoms with E-state index in [0.29, 0.717) is 49.9 Å². The number of hydrogen-bond donors (Lipinski definition) is 1. The van der Waals surface area contributed by atoms with Crippen LogP contribution in [0.15, 0.2) is 12.2 Å². The number of rotatable bonds is 14. The minimum atomic E-state index is -0.453. The van der Waals surface area contributed by atoms with E-state index in [-0.39, 0.29) is 17.9 Å². The van der Waals surface area contributed by atoms with Gasteiger partial charge in [0, 0.05) is 24.6 Å². The molecule has 0 aromatic heterocycles. The van der Waals surface area contributed by atoms with Gasteiger partial charge < -0.3 is 14.8 Å². The van der Waals surface area contributed by atoms with Crippen LogP contribution in [0.2, 0.25) is 0 Å². The van der Waals surface area contributed by atoms with Crippen LogP contribution in [0.1, 0.15) is 58.8 Å². The first kappa shape index (κ1) is 24.7. The monoisotopic (exact) mass is 413 g/mol. The van der Waals surface area contributed by atoms with Crippen molar-refractivity contribution in [1.29, 1.82) is 0 Å². The minimum Gasteiger partial charge on any atom is -0.465 e. The minimum absolute atomic E-state index is 0.202. The first-order valence-electron chi connectivity index (χ1n) is 10.4. The summed E-state index contributed by atoms with van der Waals surface area (Å²) in [5.41, 5.74) is 0. The number of ketones is 1. The molecule has 1 saturated carbocycles. The molecule has 1 N–H and O–H groups in total. The fourth-order valence-corrected chi connectivity index (χ4v) is 3.86. The average Bonchev–Trinajstić information content (AvgIpc) is 2.70. The van der Waals surface area contributed by atoms with E-state index in [2.05, 4.69) is 5.32 Å². The average molecular weight is 414 g/mol. The quantitative estimate of drug-likeness (QED) is 0.266. The Kier molecular flexibility index (Phi) is 13.7. The highest BCUT2D eigenvalue weighted by atomic mass is 32.2. The van der Waals surface area contributed by atoms with Crippen LogP contribution >= 0.6 is 11.8 Å². The zero-order valence-electron chi connectivity index (χ0n) is 17.2. The van der Waals surface area contributed by atoms with E-state index in [4.69, 9.17) is 9.47 Å². The Balaban J connectivity index is 2.32. The van der Waals surface area contributed by atoms with Crippen LogP contribution in [0.25, 0.3) is 0 Å².